The van der Waals surface area contributed by atoms with Gasteiger partial charge in [0.1, 0.15) is 12.1 Å². The molecule has 2 aliphatic heterocycles. The minimum atomic E-state index is -4.67. The number of likely N-dealkylation sites (N-methyl/N-ethyl adjacent to an activating group) is 1. The van der Waals surface area contributed by atoms with Crippen LogP contribution in [-0.2, 0) is 10.0 Å². The van der Waals surface area contributed by atoms with Gasteiger partial charge >= 0.3 is 12.2 Å². The average Bonchev–Trinajstić information content (AvgIpc) is 3.30. The molecule has 4 rings (SSSR count). The number of rotatable bonds is 5. The highest BCUT2D eigenvalue weighted by Gasteiger charge is 2.45. The summed E-state index contributed by atoms with van der Waals surface area (Å²) in [4.78, 5) is 18.7. The molecule has 12 heteroatoms. The van der Waals surface area contributed by atoms with Gasteiger partial charge in [-0.25, -0.2) is 17.6 Å². The first kappa shape index (κ1) is 27.6. The Labute approximate surface area is 215 Å². The molecule has 2 unspecified atom stereocenters. The van der Waals surface area contributed by atoms with E-state index in [1.165, 1.54) is 10.4 Å². The molecule has 37 heavy (non-hydrogen) atoms. The Bertz CT molecular complexity index is 1130. The quantitative estimate of drug-likeness (QED) is 0.535. The molecule has 204 valence electrons. The molecule has 1 aliphatic carbocycles. The molecule has 0 aromatic heterocycles. The van der Waals surface area contributed by atoms with E-state index in [2.05, 4.69) is 0 Å². The summed E-state index contributed by atoms with van der Waals surface area (Å²) in [6.45, 7) is 2.03. The van der Waals surface area contributed by atoms with Gasteiger partial charge in [-0.1, -0.05) is 42.5 Å². The Balaban J connectivity index is 1.49. The third-order valence-electron chi connectivity index (χ3n) is 7.37. The molecule has 2 heterocycles. The van der Waals surface area contributed by atoms with E-state index in [0.717, 1.165) is 24.0 Å². The Morgan fingerprint density at radius 2 is 1.70 bits per heavy atom. The van der Waals surface area contributed by atoms with Crippen molar-refractivity contribution in [1.29, 1.82) is 0 Å². The van der Waals surface area contributed by atoms with E-state index in [1.807, 2.05) is 35.2 Å². The fourth-order valence-electron chi connectivity index (χ4n) is 5.33. The van der Waals surface area contributed by atoms with Gasteiger partial charge in [-0.05, 0) is 24.3 Å². The van der Waals surface area contributed by atoms with Gasteiger partial charge in [-0.2, -0.15) is 17.5 Å². The predicted molar refractivity (Wildman–Crippen MR) is 132 cm³/mol. The molecule has 1 aromatic rings. The van der Waals surface area contributed by atoms with Gasteiger partial charge in [-0.3, -0.25) is 4.90 Å². The van der Waals surface area contributed by atoms with Gasteiger partial charge in [0.2, 0.25) is 10.0 Å². The number of urea groups is 1. The van der Waals surface area contributed by atoms with Crippen molar-refractivity contribution in [3.63, 3.8) is 0 Å². The third kappa shape index (κ3) is 6.35. The second-order valence-electron chi connectivity index (χ2n) is 9.95. The molecule has 0 bridgehead atoms. The van der Waals surface area contributed by atoms with Crippen molar-refractivity contribution in [2.45, 2.75) is 24.3 Å². The number of carbonyl (C=O) groups excluding carboxylic acids is 1. The maximum atomic E-state index is 13.9. The molecule has 4 atom stereocenters. The molecule has 2 amide bonds. The van der Waals surface area contributed by atoms with Crippen LogP contribution in [0.15, 0.2) is 54.1 Å². The maximum absolute atomic E-state index is 13.9. The largest absolute Gasteiger partial charge is 0.398 e. The van der Waals surface area contributed by atoms with E-state index in [0.29, 0.717) is 31.8 Å². The minimum Gasteiger partial charge on any atom is -0.322 e. The topological polar surface area (TPSA) is 64.2 Å². The van der Waals surface area contributed by atoms with Crippen LogP contribution in [0.5, 0.6) is 0 Å². The number of hydrogen-bond donors (Lipinski definition) is 0. The van der Waals surface area contributed by atoms with E-state index in [-0.39, 0.29) is 37.6 Å². The van der Waals surface area contributed by atoms with E-state index >= 15 is 0 Å². The van der Waals surface area contributed by atoms with E-state index in [4.69, 9.17) is 0 Å². The van der Waals surface area contributed by atoms with Crippen LogP contribution in [0.2, 0.25) is 0 Å². The predicted octanol–water partition coefficient (Wildman–Crippen LogP) is 3.10. The Morgan fingerprint density at radius 1 is 1.05 bits per heavy atom. The number of sulfonamides is 1. The van der Waals surface area contributed by atoms with Crippen molar-refractivity contribution >= 4 is 16.1 Å². The summed E-state index contributed by atoms with van der Waals surface area (Å²) in [5.74, 6) is -2.24. The van der Waals surface area contributed by atoms with Crippen LogP contribution in [0.1, 0.15) is 11.5 Å². The fourth-order valence-corrected chi connectivity index (χ4v) is 6.15. The highest BCUT2D eigenvalue weighted by molar-refractivity contribution is 7.88. The van der Waals surface area contributed by atoms with E-state index < -0.39 is 28.3 Å². The molecule has 7 nitrogen and oxygen atoms in total. The van der Waals surface area contributed by atoms with Crippen LogP contribution in [0.25, 0.3) is 0 Å². The van der Waals surface area contributed by atoms with E-state index in [9.17, 15) is 30.8 Å². The molecule has 1 aromatic carbocycles. The number of nitrogens with zero attached hydrogens (tertiary/aromatic N) is 4. The summed E-state index contributed by atoms with van der Waals surface area (Å²) >= 11 is 0. The summed E-state index contributed by atoms with van der Waals surface area (Å²) in [6, 6.07) is 9.29. The molecular weight excluding hydrogens is 512 g/mol. The second kappa shape index (κ2) is 10.7. The second-order valence-corrected chi connectivity index (χ2v) is 11.9. The lowest BCUT2D eigenvalue weighted by Gasteiger charge is -2.35. The number of carbonyl (C=O) groups is 1. The van der Waals surface area contributed by atoms with Crippen LogP contribution < -0.4 is 0 Å². The van der Waals surface area contributed by atoms with Gasteiger partial charge in [0.05, 0.1) is 6.26 Å². The molecule has 2 saturated heterocycles. The first-order valence-corrected chi connectivity index (χ1v) is 14.0. The Hall–Kier alpha value is -2.44. The third-order valence-corrected chi connectivity index (χ3v) is 8.68. The SMILES string of the molecule is CN(CC1=CC(C(F)(F)F)C(F)C=C1)[C@H]1CN(C(=O)N2CCN(S(C)(=O)=O)CC2)C[C@@H]1c1ccccc1. The summed E-state index contributed by atoms with van der Waals surface area (Å²) in [5.41, 5.74) is 1.40. The number of halogens is 4. The van der Waals surface area contributed by atoms with Crippen molar-refractivity contribution < 1.29 is 30.8 Å². The lowest BCUT2D eigenvalue weighted by molar-refractivity contribution is -0.172. The zero-order valence-corrected chi connectivity index (χ0v) is 21.6. The molecule has 2 fully saturated rings. The number of likely N-dealkylation sites (tertiary alicyclic amines) is 1. The minimum absolute atomic E-state index is 0.0760. The number of piperazine rings is 1. The number of alkyl halides is 4. The first-order chi connectivity index (χ1) is 17.3. The van der Waals surface area contributed by atoms with Crippen LogP contribution in [0.4, 0.5) is 22.4 Å². The smallest absolute Gasteiger partial charge is 0.322 e. The molecule has 0 saturated carbocycles. The molecule has 3 aliphatic rings. The van der Waals surface area contributed by atoms with Gasteiger partial charge in [-0.15, -0.1) is 0 Å². The van der Waals surface area contributed by atoms with Gasteiger partial charge in [0, 0.05) is 57.8 Å². The Morgan fingerprint density at radius 3 is 2.30 bits per heavy atom. The standard InChI is InChI=1S/C25H32F4N4O3S/c1-30(15-18-8-9-22(26)21(14-18)25(27,28)29)23-17-32(16-20(23)19-6-4-3-5-7-19)24(34)31-10-12-33(13-11-31)37(2,35)36/h3-9,14,20-23H,10-13,15-17H2,1-2H3/t20-,21?,22?,23+/m1/s1. The summed E-state index contributed by atoms with van der Waals surface area (Å²) in [7, 11) is -1.52. The van der Waals surface area contributed by atoms with Gasteiger partial charge in [0.15, 0.2) is 0 Å². The first-order valence-electron chi connectivity index (χ1n) is 12.2. The number of amides is 2. The van der Waals surface area contributed by atoms with Crippen molar-refractivity contribution in [2.24, 2.45) is 5.92 Å². The highest BCUT2D eigenvalue weighted by atomic mass is 32.2. The van der Waals surface area contributed by atoms with Crippen molar-refractivity contribution in [1.82, 2.24) is 19.0 Å². The fraction of sp³-hybridized carbons (Fsp3) is 0.560. The lowest BCUT2D eigenvalue weighted by Crippen LogP contribution is -2.53. The molecular formula is C25H32F4N4O3S. The molecule has 0 radical (unpaired) electrons. The maximum Gasteiger partial charge on any atom is 0.398 e. The summed E-state index contributed by atoms with van der Waals surface area (Å²) < 4.78 is 78.7. The van der Waals surface area contributed by atoms with Crippen LogP contribution in [-0.4, -0.2) is 111 Å². The van der Waals surface area contributed by atoms with Crippen molar-refractivity contribution in [3.8, 4) is 0 Å². The van der Waals surface area contributed by atoms with Crippen LogP contribution in [0.3, 0.4) is 0 Å². The normalized spacial score (nSPS) is 27.6. The average molecular weight is 545 g/mol. The Kier molecular flexibility index (Phi) is 8.01. The summed E-state index contributed by atoms with van der Waals surface area (Å²) in [6.07, 6.45) is -2.31. The molecule has 0 N–H and O–H groups in total. The zero-order chi connectivity index (χ0) is 27.0. The monoisotopic (exact) mass is 544 g/mol. The molecule has 0 spiro atoms. The van der Waals surface area contributed by atoms with Crippen molar-refractivity contribution in [3.05, 3.63) is 59.7 Å². The van der Waals surface area contributed by atoms with E-state index in [1.54, 1.807) is 16.8 Å². The van der Waals surface area contributed by atoms with Gasteiger partial charge < -0.3 is 9.80 Å². The number of benzene rings is 1. The van der Waals surface area contributed by atoms with Gasteiger partial charge in [0.25, 0.3) is 0 Å². The van der Waals surface area contributed by atoms with Crippen molar-refractivity contribution in [2.75, 3.05) is 59.1 Å². The number of allylic oxidation sites excluding steroid dienone is 2. The zero-order valence-electron chi connectivity index (χ0n) is 20.8. The summed E-state index contributed by atoms with van der Waals surface area (Å²) in [5, 5.41) is 0. The number of hydrogen-bond acceptors (Lipinski definition) is 4. The van der Waals surface area contributed by atoms with Crippen LogP contribution >= 0.6 is 0 Å². The lowest BCUT2D eigenvalue weighted by atomic mass is 9.91. The van der Waals surface area contributed by atoms with Crippen LogP contribution in [0, 0.1) is 5.92 Å². The highest BCUT2D eigenvalue weighted by Crippen LogP contribution is 2.36.